The molecule has 2 saturated heterocycles. The summed E-state index contributed by atoms with van der Waals surface area (Å²) in [5.74, 6) is 0.684. The number of hydrogen-bond donors (Lipinski definition) is 0. The summed E-state index contributed by atoms with van der Waals surface area (Å²) in [4.78, 5) is 31.4. The lowest BCUT2D eigenvalue weighted by Crippen LogP contribution is -2.32. The van der Waals surface area contributed by atoms with E-state index in [1.807, 2.05) is 41.3 Å². The van der Waals surface area contributed by atoms with Crippen LogP contribution < -0.4 is 4.90 Å². The molecule has 2 aliphatic heterocycles. The molecule has 2 aliphatic rings. The zero-order valence-corrected chi connectivity index (χ0v) is 17.7. The molecular formula is C25H27N5O. The first kappa shape index (κ1) is 19.7. The molecule has 0 saturated carbocycles. The lowest BCUT2D eigenvalue weighted by molar-refractivity contribution is 0.0733. The molecule has 2 fully saturated rings. The van der Waals surface area contributed by atoms with E-state index in [1.165, 1.54) is 19.3 Å². The molecular weight excluding hydrogens is 386 g/mol. The van der Waals surface area contributed by atoms with E-state index in [4.69, 9.17) is 4.98 Å². The monoisotopic (exact) mass is 413 g/mol. The Morgan fingerprint density at radius 2 is 1.77 bits per heavy atom. The Bertz CT molecular complexity index is 1050. The number of nitrogens with zero attached hydrogens (tertiary/aromatic N) is 5. The van der Waals surface area contributed by atoms with Crippen LogP contribution in [0.3, 0.4) is 0 Å². The maximum atomic E-state index is 13.5. The van der Waals surface area contributed by atoms with Crippen LogP contribution in [0.5, 0.6) is 0 Å². The van der Waals surface area contributed by atoms with E-state index in [0.29, 0.717) is 5.82 Å². The molecule has 2 aromatic heterocycles. The number of piperidine rings is 1. The number of rotatable bonds is 4. The second kappa shape index (κ2) is 8.84. The third kappa shape index (κ3) is 4.15. The van der Waals surface area contributed by atoms with Crippen molar-refractivity contribution in [1.82, 2.24) is 19.9 Å². The van der Waals surface area contributed by atoms with Gasteiger partial charge in [0.15, 0.2) is 5.82 Å². The number of anilines is 1. The molecule has 158 valence electrons. The first-order valence-electron chi connectivity index (χ1n) is 11.2. The molecule has 0 spiro atoms. The van der Waals surface area contributed by atoms with Gasteiger partial charge < -0.3 is 9.80 Å². The third-order valence-corrected chi connectivity index (χ3v) is 6.24. The number of benzene rings is 1. The summed E-state index contributed by atoms with van der Waals surface area (Å²) in [5, 5.41) is 0. The molecule has 31 heavy (non-hydrogen) atoms. The molecule has 1 atom stereocenters. The van der Waals surface area contributed by atoms with E-state index in [-0.39, 0.29) is 11.9 Å². The van der Waals surface area contributed by atoms with Crippen LogP contribution in [-0.2, 0) is 0 Å². The van der Waals surface area contributed by atoms with Crippen molar-refractivity contribution in [3.63, 3.8) is 0 Å². The number of likely N-dealkylation sites (tertiary alicyclic amines) is 1. The van der Waals surface area contributed by atoms with Gasteiger partial charge in [0.2, 0.25) is 0 Å². The lowest BCUT2D eigenvalue weighted by atomic mass is 10.1. The smallest absolute Gasteiger partial charge is 0.254 e. The van der Waals surface area contributed by atoms with Crippen LogP contribution in [0, 0.1) is 0 Å². The lowest BCUT2D eigenvalue weighted by Gasteiger charge is -2.29. The highest BCUT2D eigenvalue weighted by Crippen LogP contribution is 2.33. The standard InChI is InChI=1S/C25H27N5O/c31-25(19-8-6-9-20(18-19)29-15-4-1-5-16-29)30-17-7-11-23(30)21-12-14-27-24(28-21)22-10-2-3-13-26-22/h2-3,6,8-10,12-14,18,23H,1,4-5,7,11,15-17H2/t23-/m0/s1. The summed E-state index contributed by atoms with van der Waals surface area (Å²) in [6.07, 6.45) is 9.14. The Morgan fingerprint density at radius 3 is 2.61 bits per heavy atom. The summed E-state index contributed by atoms with van der Waals surface area (Å²) in [6, 6.07) is 15.7. The zero-order valence-electron chi connectivity index (χ0n) is 17.7. The van der Waals surface area contributed by atoms with Crippen molar-refractivity contribution in [2.24, 2.45) is 0 Å². The molecule has 4 heterocycles. The molecule has 6 heteroatoms. The van der Waals surface area contributed by atoms with Crippen LogP contribution in [0.4, 0.5) is 5.69 Å². The van der Waals surface area contributed by atoms with Crippen LogP contribution in [-0.4, -0.2) is 45.4 Å². The number of aromatic nitrogens is 3. The van der Waals surface area contributed by atoms with Crippen LogP contribution in [0.15, 0.2) is 60.9 Å². The molecule has 0 bridgehead atoms. The van der Waals surface area contributed by atoms with Gasteiger partial charge in [0, 0.05) is 43.3 Å². The molecule has 0 radical (unpaired) electrons. The maximum Gasteiger partial charge on any atom is 0.254 e. The fourth-order valence-electron chi connectivity index (χ4n) is 4.65. The van der Waals surface area contributed by atoms with Crippen LogP contribution >= 0.6 is 0 Å². The second-order valence-electron chi connectivity index (χ2n) is 8.27. The molecule has 1 aromatic carbocycles. The first-order chi connectivity index (χ1) is 15.3. The largest absolute Gasteiger partial charge is 0.372 e. The van der Waals surface area contributed by atoms with Crippen molar-refractivity contribution in [3.05, 3.63) is 72.2 Å². The van der Waals surface area contributed by atoms with Crippen LogP contribution in [0.2, 0.25) is 0 Å². The van der Waals surface area contributed by atoms with Crippen molar-refractivity contribution >= 4 is 11.6 Å². The minimum atomic E-state index is -0.0309. The number of carbonyl (C=O) groups is 1. The molecule has 6 nitrogen and oxygen atoms in total. The van der Waals surface area contributed by atoms with E-state index in [2.05, 4.69) is 27.0 Å². The van der Waals surface area contributed by atoms with Gasteiger partial charge in [0.05, 0.1) is 11.7 Å². The molecule has 0 N–H and O–H groups in total. The SMILES string of the molecule is O=C(c1cccc(N2CCCCC2)c1)N1CCC[C@H]1c1ccnc(-c2ccccn2)n1. The van der Waals surface area contributed by atoms with Gasteiger partial charge in [-0.3, -0.25) is 9.78 Å². The molecule has 0 unspecified atom stereocenters. The van der Waals surface area contributed by atoms with E-state index < -0.39 is 0 Å². The van der Waals surface area contributed by atoms with Crippen LogP contribution in [0.25, 0.3) is 11.5 Å². The van der Waals surface area contributed by atoms with Crippen molar-refractivity contribution in [1.29, 1.82) is 0 Å². The van der Waals surface area contributed by atoms with E-state index in [9.17, 15) is 4.79 Å². The van der Waals surface area contributed by atoms with Crippen molar-refractivity contribution < 1.29 is 4.79 Å². The average Bonchev–Trinajstić information content (AvgIpc) is 3.35. The summed E-state index contributed by atoms with van der Waals surface area (Å²) in [7, 11) is 0. The summed E-state index contributed by atoms with van der Waals surface area (Å²) in [5.41, 5.74) is 3.54. The number of hydrogen-bond acceptors (Lipinski definition) is 5. The Balaban J connectivity index is 1.39. The highest BCUT2D eigenvalue weighted by Gasteiger charge is 2.32. The fourth-order valence-corrected chi connectivity index (χ4v) is 4.65. The average molecular weight is 414 g/mol. The zero-order chi connectivity index (χ0) is 21.0. The van der Waals surface area contributed by atoms with E-state index >= 15 is 0 Å². The number of pyridine rings is 1. The number of carbonyl (C=O) groups excluding carboxylic acids is 1. The Hall–Kier alpha value is -3.28. The molecule has 0 aliphatic carbocycles. The Labute approximate surface area is 183 Å². The minimum absolute atomic E-state index is 0.0309. The fraction of sp³-hybridized carbons (Fsp3) is 0.360. The highest BCUT2D eigenvalue weighted by atomic mass is 16.2. The topological polar surface area (TPSA) is 62.2 Å². The van der Waals surface area contributed by atoms with Crippen molar-refractivity contribution in [2.75, 3.05) is 24.5 Å². The Morgan fingerprint density at radius 1 is 0.871 bits per heavy atom. The summed E-state index contributed by atoms with van der Waals surface area (Å²) in [6.45, 7) is 2.89. The minimum Gasteiger partial charge on any atom is -0.372 e. The predicted molar refractivity (Wildman–Crippen MR) is 121 cm³/mol. The summed E-state index contributed by atoms with van der Waals surface area (Å²) < 4.78 is 0. The van der Waals surface area contributed by atoms with Crippen molar-refractivity contribution in [2.45, 2.75) is 38.1 Å². The predicted octanol–water partition coefficient (Wildman–Crippen LogP) is 4.51. The highest BCUT2D eigenvalue weighted by molar-refractivity contribution is 5.95. The Kier molecular flexibility index (Phi) is 5.61. The van der Waals surface area contributed by atoms with E-state index in [0.717, 1.165) is 55.1 Å². The quantitative estimate of drug-likeness (QED) is 0.630. The molecule has 5 rings (SSSR count). The van der Waals surface area contributed by atoms with Gasteiger partial charge in [0.1, 0.15) is 5.69 Å². The maximum absolute atomic E-state index is 13.5. The second-order valence-corrected chi connectivity index (χ2v) is 8.27. The first-order valence-corrected chi connectivity index (χ1v) is 11.2. The van der Waals surface area contributed by atoms with Crippen molar-refractivity contribution in [3.8, 4) is 11.5 Å². The molecule has 3 aromatic rings. The van der Waals surface area contributed by atoms with Gasteiger partial charge in [-0.15, -0.1) is 0 Å². The number of amides is 1. The van der Waals surface area contributed by atoms with Gasteiger partial charge in [-0.25, -0.2) is 9.97 Å². The normalized spacial score (nSPS) is 18.9. The van der Waals surface area contributed by atoms with Gasteiger partial charge in [-0.05, 0) is 68.5 Å². The summed E-state index contributed by atoms with van der Waals surface area (Å²) >= 11 is 0. The van der Waals surface area contributed by atoms with Gasteiger partial charge in [-0.1, -0.05) is 12.1 Å². The van der Waals surface area contributed by atoms with Crippen LogP contribution in [0.1, 0.15) is 54.2 Å². The third-order valence-electron chi connectivity index (χ3n) is 6.24. The van der Waals surface area contributed by atoms with Gasteiger partial charge >= 0.3 is 0 Å². The molecule has 1 amide bonds. The van der Waals surface area contributed by atoms with Gasteiger partial charge in [-0.2, -0.15) is 0 Å². The van der Waals surface area contributed by atoms with E-state index in [1.54, 1.807) is 12.4 Å². The van der Waals surface area contributed by atoms with Gasteiger partial charge in [0.25, 0.3) is 5.91 Å².